The first-order chi connectivity index (χ1) is 9.51. The molecular weight excluding hydrogens is 340 g/mol. The van der Waals surface area contributed by atoms with Gasteiger partial charge in [0.25, 0.3) is 0 Å². The highest BCUT2D eigenvalue weighted by Gasteiger charge is 2.19. The van der Waals surface area contributed by atoms with Crippen LogP contribution in [0.1, 0.15) is 44.2 Å². The topological polar surface area (TPSA) is 27.1 Å². The zero-order valence-electron chi connectivity index (χ0n) is 12.3. The van der Waals surface area contributed by atoms with Crippen molar-refractivity contribution in [2.75, 3.05) is 6.61 Å². The second kappa shape index (κ2) is 6.46. The van der Waals surface area contributed by atoms with E-state index in [1.807, 2.05) is 24.6 Å². The Morgan fingerprint density at radius 2 is 2.10 bits per heavy atom. The molecule has 5 heteroatoms. The lowest BCUT2D eigenvalue weighted by molar-refractivity contribution is -0.00525. The smallest absolute Gasteiger partial charge is 0.150 e. The minimum absolute atomic E-state index is 0.0446. The highest BCUT2D eigenvalue weighted by molar-refractivity contribution is 9.10. The molecule has 0 saturated carbocycles. The lowest BCUT2D eigenvalue weighted by atomic mass is 10.1. The van der Waals surface area contributed by atoms with Gasteiger partial charge in [0.05, 0.1) is 11.2 Å². The van der Waals surface area contributed by atoms with Crippen molar-refractivity contribution in [3.05, 3.63) is 26.8 Å². The molecule has 1 atom stereocenters. The molecule has 110 valence electrons. The number of nitrogens with zero attached hydrogens (tertiary/aromatic N) is 2. The van der Waals surface area contributed by atoms with Gasteiger partial charge in [-0.15, -0.1) is 0 Å². The third kappa shape index (κ3) is 2.74. The highest BCUT2D eigenvalue weighted by atomic mass is 79.9. The number of hydrogen-bond donors (Lipinski definition) is 0. The first-order valence-corrected chi connectivity index (χ1v) is 8.13. The number of aryl methyl sites for hydroxylation is 1. The maximum absolute atomic E-state index is 6.31. The van der Waals surface area contributed by atoms with Crippen molar-refractivity contribution in [2.45, 2.75) is 46.8 Å². The minimum atomic E-state index is -0.0446. The van der Waals surface area contributed by atoms with Crippen molar-refractivity contribution in [1.29, 1.82) is 0 Å². The summed E-state index contributed by atoms with van der Waals surface area (Å²) >= 11 is 9.96. The third-order valence-corrected chi connectivity index (χ3v) is 4.81. The molecule has 3 nitrogen and oxygen atoms in total. The van der Waals surface area contributed by atoms with Crippen molar-refractivity contribution in [1.82, 2.24) is 9.78 Å². The van der Waals surface area contributed by atoms with Crippen LogP contribution in [-0.4, -0.2) is 16.4 Å². The molecule has 0 radical (unpaired) electrons. The van der Waals surface area contributed by atoms with E-state index in [0.29, 0.717) is 0 Å². The van der Waals surface area contributed by atoms with E-state index in [4.69, 9.17) is 16.3 Å². The Hall–Kier alpha value is -0.580. The van der Waals surface area contributed by atoms with E-state index in [0.717, 1.165) is 51.1 Å². The van der Waals surface area contributed by atoms with Crippen LogP contribution >= 0.6 is 27.5 Å². The summed E-state index contributed by atoms with van der Waals surface area (Å²) in [5, 5.41) is 6.52. The number of ether oxygens (including phenoxy) is 1. The Morgan fingerprint density at radius 1 is 1.40 bits per heavy atom. The van der Waals surface area contributed by atoms with Gasteiger partial charge in [-0.1, -0.05) is 25.4 Å². The average molecular weight is 360 g/mol. The quantitative estimate of drug-likeness (QED) is 0.714. The molecule has 0 aliphatic carbocycles. The lowest BCUT2D eigenvalue weighted by Crippen LogP contribution is -2.14. The van der Waals surface area contributed by atoms with Crippen LogP contribution in [0.4, 0.5) is 0 Å². The van der Waals surface area contributed by atoms with Gasteiger partial charge < -0.3 is 4.74 Å². The Balaban J connectivity index is 2.60. The first-order valence-electron chi connectivity index (χ1n) is 6.96. The van der Waals surface area contributed by atoms with Gasteiger partial charge in [0, 0.05) is 21.5 Å². The Bertz CT molecular complexity index is 624. The Kier molecular flexibility index (Phi) is 5.10. The van der Waals surface area contributed by atoms with E-state index in [1.54, 1.807) is 0 Å². The molecule has 20 heavy (non-hydrogen) atoms. The predicted molar refractivity (Wildman–Crippen MR) is 87.5 cm³/mol. The van der Waals surface area contributed by atoms with E-state index in [9.17, 15) is 0 Å². The summed E-state index contributed by atoms with van der Waals surface area (Å²) in [6.45, 7) is 8.97. The largest absolute Gasteiger partial charge is 0.357 e. The molecule has 1 aromatic carbocycles. The Labute approximate surface area is 133 Å². The van der Waals surface area contributed by atoms with Crippen LogP contribution in [0.2, 0.25) is 5.02 Å². The van der Waals surface area contributed by atoms with Crippen LogP contribution in [0.25, 0.3) is 10.9 Å². The molecule has 1 unspecified atom stereocenters. The van der Waals surface area contributed by atoms with E-state index in [1.165, 1.54) is 0 Å². The van der Waals surface area contributed by atoms with Crippen molar-refractivity contribution in [3.63, 3.8) is 0 Å². The van der Waals surface area contributed by atoms with Crippen LogP contribution in [0.15, 0.2) is 10.5 Å². The maximum atomic E-state index is 6.31. The van der Waals surface area contributed by atoms with Crippen molar-refractivity contribution in [2.24, 2.45) is 0 Å². The molecule has 1 aromatic heterocycles. The molecule has 1 heterocycles. The average Bonchev–Trinajstić information content (AvgIpc) is 2.74. The van der Waals surface area contributed by atoms with Gasteiger partial charge in [0.2, 0.25) is 0 Å². The van der Waals surface area contributed by atoms with Crippen molar-refractivity contribution in [3.8, 4) is 0 Å². The van der Waals surface area contributed by atoms with Gasteiger partial charge in [-0.3, -0.25) is 0 Å². The molecule has 0 bridgehead atoms. The zero-order chi connectivity index (χ0) is 14.9. The number of hydrogen-bond acceptors (Lipinski definition) is 2. The Morgan fingerprint density at radius 3 is 2.70 bits per heavy atom. The monoisotopic (exact) mass is 358 g/mol. The van der Waals surface area contributed by atoms with Gasteiger partial charge in [0.1, 0.15) is 0 Å². The van der Waals surface area contributed by atoms with Crippen molar-refractivity contribution >= 4 is 38.4 Å². The van der Waals surface area contributed by atoms with Crippen LogP contribution < -0.4 is 0 Å². The zero-order valence-corrected chi connectivity index (χ0v) is 14.7. The first kappa shape index (κ1) is 15.8. The van der Waals surface area contributed by atoms with Gasteiger partial charge in [0.15, 0.2) is 6.23 Å². The summed E-state index contributed by atoms with van der Waals surface area (Å²) in [5.41, 5.74) is 3.06. The fourth-order valence-electron chi connectivity index (χ4n) is 2.33. The van der Waals surface area contributed by atoms with Gasteiger partial charge >= 0.3 is 0 Å². The molecule has 0 spiro atoms. The van der Waals surface area contributed by atoms with Crippen LogP contribution in [-0.2, 0) is 4.74 Å². The molecule has 2 rings (SSSR count). The molecule has 0 fully saturated rings. The minimum Gasteiger partial charge on any atom is -0.357 e. The molecule has 0 amide bonds. The third-order valence-electron chi connectivity index (χ3n) is 3.43. The number of fused-ring (bicyclic) bond motifs is 1. The van der Waals surface area contributed by atoms with E-state index in [-0.39, 0.29) is 6.23 Å². The predicted octanol–water partition coefficient (Wildman–Crippen LogP) is 5.40. The molecule has 2 aromatic rings. The van der Waals surface area contributed by atoms with Gasteiger partial charge in [-0.25, -0.2) is 4.68 Å². The van der Waals surface area contributed by atoms with Gasteiger partial charge in [-0.05, 0) is 54.2 Å². The summed E-state index contributed by atoms with van der Waals surface area (Å²) < 4.78 is 8.88. The van der Waals surface area contributed by atoms with E-state index >= 15 is 0 Å². The molecule has 0 N–H and O–H groups in total. The van der Waals surface area contributed by atoms with E-state index < -0.39 is 0 Å². The second-order valence-corrected chi connectivity index (χ2v) is 6.16. The van der Waals surface area contributed by atoms with Crippen LogP contribution in [0.3, 0.4) is 0 Å². The number of rotatable bonds is 5. The second-order valence-electron chi connectivity index (χ2n) is 4.96. The maximum Gasteiger partial charge on any atom is 0.150 e. The molecular formula is C15H20BrClN2O. The number of aromatic nitrogens is 2. The highest BCUT2D eigenvalue weighted by Crippen LogP contribution is 2.36. The summed E-state index contributed by atoms with van der Waals surface area (Å²) in [6.07, 6.45) is 1.83. The van der Waals surface area contributed by atoms with Gasteiger partial charge in [-0.2, -0.15) is 5.10 Å². The standard InChI is InChI=1S/C15H20BrClN2O/c1-5-7-20-13(6-2)19-12-8-11(17)9(3)15(16)14(12)10(4)18-19/h8,13H,5-7H2,1-4H3. The number of benzene rings is 1. The van der Waals surface area contributed by atoms with Crippen molar-refractivity contribution < 1.29 is 4.74 Å². The van der Waals surface area contributed by atoms with Crippen LogP contribution in [0.5, 0.6) is 0 Å². The molecule has 0 aliphatic heterocycles. The SMILES string of the molecule is CCCOC(CC)n1nc(C)c2c(Br)c(C)c(Cl)cc21. The summed E-state index contributed by atoms with van der Waals surface area (Å²) in [5.74, 6) is 0. The van der Waals surface area contributed by atoms with Crippen LogP contribution in [0, 0.1) is 13.8 Å². The lowest BCUT2D eigenvalue weighted by Gasteiger charge is -2.17. The molecule has 0 saturated heterocycles. The fraction of sp³-hybridized carbons (Fsp3) is 0.533. The van der Waals surface area contributed by atoms with E-state index in [2.05, 4.69) is 34.9 Å². The molecule has 0 aliphatic rings. The summed E-state index contributed by atoms with van der Waals surface area (Å²) in [4.78, 5) is 0. The number of halogens is 2. The summed E-state index contributed by atoms with van der Waals surface area (Å²) in [7, 11) is 0. The summed E-state index contributed by atoms with van der Waals surface area (Å²) in [6, 6.07) is 1.98. The normalized spacial score (nSPS) is 13.1. The fourth-order valence-corrected chi connectivity index (χ4v) is 3.35.